The van der Waals surface area contributed by atoms with Gasteiger partial charge in [-0.3, -0.25) is 4.68 Å². The Bertz CT molecular complexity index is 620. The highest BCUT2D eigenvalue weighted by atomic mass is 16.5. The zero-order valence-electron chi connectivity index (χ0n) is 11.0. The number of carboxylic acid groups (broad SMARTS) is 1. The summed E-state index contributed by atoms with van der Waals surface area (Å²) in [5.41, 5.74) is 2.24. The van der Waals surface area contributed by atoms with Crippen molar-refractivity contribution >= 4 is 5.97 Å². The Balaban J connectivity index is 2.39. The van der Waals surface area contributed by atoms with Crippen molar-refractivity contribution < 1.29 is 14.6 Å². The van der Waals surface area contributed by atoms with Crippen LogP contribution in [0.15, 0.2) is 18.3 Å². The van der Waals surface area contributed by atoms with Crippen LogP contribution in [0.2, 0.25) is 0 Å². The van der Waals surface area contributed by atoms with Gasteiger partial charge in [-0.1, -0.05) is 6.07 Å². The van der Waals surface area contributed by atoms with Crippen LogP contribution in [-0.2, 0) is 6.54 Å². The van der Waals surface area contributed by atoms with Gasteiger partial charge < -0.3 is 9.84 Å². The summed E-state index contributed by atoms with van der Waals surface area (Å²) in [6.07, 6.45) is 1.65. The van der Waals surface area contributed by atoms with Crippen molar-refractivity contribution in [3.8, 4) is 5.88 Å². The highest BCUT2D eigenvalue weighted by molar-refractivity contribution is 5.90. The molecule has 0 radical (unpaired) electrons. The highest BCUT2D eigenvalue weighted by Gasteiger charge is 2.18. The van der Waals surface area contributed by atoms with Crippen LogP contribution in [0.1, 0.15) is 27.3 Å². The molecule has 6 heteroatoms. The largest absolute Gasteiger partial charge is 0.481 e. The first-order valence-corrected chi connectivity index (χ1v) is 5.79. The minimum absolute atomic E-state index is 0.253. The number of hydrogen-bond acceptors (Lipinski definition) is 4. The van der Waals surface area contributed by atoms with Crippen molar-refractivity contribution in [1.29, 1.82) is 0 Å². The summed E-state index contributed by atoms with van der Waals surface area (Å²) in [5, 5.41) is 13.4. The Labute approximate surface area is 110 Å². The van der Waals surface area contributed by atoms with E-state index in [-0.39, 0.29) is 5.56 Å². The van der Waals surface area contributed by atoms with E-state index < -0.39 is 5.97 Å². The summed E-state index contributed by atoms with van der Waals surface area (Å²) in [4.78, 5) is 15.2. The first-order valence-electron chi connectivity index (χ1n) is 5.79. The minimum Gasteiger partial charge on any atom is -0.481 e. The van der Waals surface area contributed by atoms with Crippen molar-refractivity contribution in [3.63, 3.8) is 0 Å². The first-order chi connectivity index (χ1) is 9.04. The van der Waals surface area contributed by atoms with Crippen molar-refractivity contribution in [2.45, 2.75) is 20.4 Å². The highest BCUT2D eigenvalue weighted by Crippen LogP contribution is 2.18. The van der Waals surface area contributed by atoms with Crippen molar-refractivity contribution in [2.75, 3.05) is 7.11 Å². The van der Waals surface area contributed by atoms with E-state index >= 15 is 0 Å². The molecule has 0 saturated heterocycles. The van der Waals surface area contributed by atoms with Crippen molar-refractivity contribution in [3.05, 3.63) is 40.8 Å². The van der Waals surface area contributed by atoms with Gasteiger partial charge in [-0.25, -0.2) is 9.78 Å². The molecular formula is C13H15N3O3. The van der Waals surface area contributed by atoms with Gasteiger partial charge in [0.25, 0.3) is 0 Å². The zero-order chi connectivity index (χ0) is 14.0. The Hall–Kier alpha value is -2.37. The fourth-order valence-corrected chi connectivity index (χ4v) is 2.05. The number of pyridine rings is 1. The Kier molecular flexibility index (Phi) is 3.50. The van der Waals surface area contributed by atoms with Gasteiger partial charge in [0.2, 0.25) is 5.88 Å². The lowest BCUT2D eigenvalue weighted by molar-refractivity contribution is 0.0695. The maximum atomic E-state index is 11.1. The average Bonchev–Trinajstić information content (AvgIpc) is 2.65. The second kappa shape index (κ2) is 5.09. The number of aryl methyl sites for hydroxylation is 1. The first kappa shape index (κ1) is 13.1. The standard InChI is InChI=1S/C13H15N3O3/c1-8-11(13(17)18)9(2)16(15-8)7-10-5-4-6-14-12(10)19-3/h4-6H,7H2,1-3H3,(H,17,18). The zero-order valence-corrected chi connectivity index (χ0v) is 11.0. The molecule has 0 aliphatic carbocycles. The predicted octanol–water partition coefficient (Wildman–Crippen LogP) is 1.65. The molecule has 0 fully saturated rings. The summed E-state index contributed by atoms with van der Waals surface area (Å²) >= 11 is 0. The van der Waals surface area contributed by atoms with E-state index in [4.69, 9.17) is 9.84 Å². The molecule has 2 heterocycles. The second-order valence-electron chi connectivity index (χ2n) is 4.18. The molecule has 2 aromatic rings. The van der Waals surface area contributed by atoms with Crippen molar-refractivity contribution in [2.24, 2.45) is 0 Å². The van der Waals surface area contributed by atoms with Crippen LogP contribution in [0.5, 0.6) is 5.88 Å². The normalized spacial score (nSPS) is 10.5. The quantitative estimate of drug-likeness (QED) is 0.905. The lowest BCUT2D eigenvalue weighted by Crippen LogP contribution is -2.07. The lowest BCUT2D eigenvalue weighted by atomic mass is 10.2. The minimum atomic E-state index is -0.959. The van der Waals surface area contributed by atoms with E-state index in [9.17, 15) is 4.79 Å². The van der Waals surface area contributed by atoms with E-state index in [0.29, 0.717) is 23.8 Å². The molecule has 0 aromatic carbocycles. The molecule has 100 valence electrons. The van der Waals surface area contributed by atoms with Crippen LogP contribution in [-0.4, -0.2) is 33.0 Å². The maximum Gasteiger partial charge on any atom is 0.339 e. The lowest BCUT2D eigenvalue weighted by Gasteiger charge is -2.08. The molecule has 0 unspecified atom stereocenters. The topological polar surface area (TPSA) is 77.2 Å². The van der Waals surface area contributed by atoms with Gasteiger partial charge in [0, 0.05) is 11.8 Å². The van der Waals surface area contributed by atoms with E-state index in [1.807, 2.05) is 12.1 Å². The smallest absolute Gasteiger partial charge is 0.339 e. The second-order valence-corrected chi connectivity index (χ2v) is 4.18. The molecule has 0 atom stereocenters. The Morgan fingerprint density at radius 3 is 2.79 bits per heavy atom. The van der Waals surface area contributed by atoms with E-state index in [1.165, 1.54) is 0 Å². The van der Waals surface area contributed by atoms with Gasteiger partial charge in [-0.05, 0) is 19.9 Å². The third-order valence-electron chi connectivity index (χ3n) is 2.96. The number of aromatic carboxylic acids is 1. The number of methoxy groups -OCH3 is 1. The molecule has 0 aliphatic rings. The van der Waals surface area contributed by atoms with Gasteiger partial charge in [-0.15, -0.1) is 0 Å². The molecule has 6 nitrogen and oxygen atoms in total. The van der Waals surface area contributed by atoms with Gasteiger partial charge in [-0.2, -0.15) is 5.10 Å². The number of carboxylic acids is 1. The average molecular weight is 261 g/mol. The number of hydrogen-bond donors (Lipinski definition) is 1. The predicted molar refractivity (Wildman–Crippen MR) is 68.6 cm³/mol. The van der Waals surface area contributed by atoms with Crippen LogP contribution in [0, 0.1) is 13.8 Å². The summed E-state index contributed by atoms with van der Waals surface area (Å²) in [6, 6.07) is 3.68. The third-order valence-corrected chi connectivity index (χ3v) is 2.96. The molecule has 1 N–H and O–H groups in total. The molecule has 0 bridgehead atoms. The number of carbonyl (C=O) groups is 1. The fourth-order valence-electron chi connectivity index (χ4n) is 2.05. The SMILES string of the molecule is COc1ncccc1Cn1nc(C)c(C(=O)O)c1C. The number of nitrogens with zero attached hydrogens (tertiary/aromatic N) is 3. The fraction of sp³-hybridized carbons (Fsp3) is 0.308. The van der Waals surface area contributed by atoms with Gasteiger partial charge in [0.15, 0.2) is 0 Å². The molecular weight excluding hydrogens is 246 g/mol. The van der Waals surface area contributed by atoms with E-state index in [2.05, 4.69) is 10.1 Å². The molecule has 0 aliphatic heterocycles. The molecule has 2 aromatic heterocycles. The summed E-state index contributed by atoms with van der Waals surface area (Å²) in [6.45, 7) is 3.86. The van der Waals surface area contributed by atoms with Crippen molar-refractivity contribution in [1.82, 2.24) is 14.8 Å². The van der Waals surface area contributed by atoms with Crippen LogP contribution in [0.25, 0.3) is 0 Å². The summed E-state index contributed by atoms with van der Waals surface area (Å²) < 4.78 is 6.82. The van der Waals surface area contributed by atoms with Crippen LogP contribution >= 0.6 is 0 Å². The van der Waals surface area contributed by atoms with Crippen LogP contribution in [0.3, 0.4) is 0 Å². The van der Waals surface area contributed by atoms with E-state index in [1.54, 1.807) is 31.8 Å². The Morgan fingerprint density at radius 1 is 1.47 bits per heavy atom. The monoisotopic (exact) mass is 261 g/mol. The molecule has 19 heavy (non-hydrogen) atoms. The van der Waals surface area contributed by atoms with Crippen LogP contribution < -0.4 is 4.74 Å². The number of rotatable bonds is 4. The van der Waals surface area contributed by atoms with Gasteiger partial charge >= 0.3 is 5.97 Å². The molecule has 0 saturated carbocycles. The molecule has 0 amide bonds. The number of ether oxygens (including phenoxy) is 1. The van der Waals surface area contributed by atoms with E-state index in [0.717, 1.165) is 5.56 Å². The van der Waals surface area contributed by atoms with Gasteiger partial charge in [0.1, 0.15) is 5.56 Å². The summed E-state index contributed by atoms with van der Waals surface area (Å²) in [7, 11) is 1.55. The van der Waals surface area contributed by atoms with Crippen LogP contribution in [0.4, 0.5) is 0 Å². The third kappa shape index (κ3) is 2.42. The summed E-state index contributed by atoms with van der Waals surface area (Å²) in [5.74, 6) is -0.439. The molecule has 0 spiro atoms. The Morgan fingerprint density at radius 2 is 2.21 bits per heavy atom. The number of aromatic nitrogens is 3. The maximum absolute atomic E-state index is 11.1. The van der Waals surface area contributed by atoms with Gasteiger partial charge in [0.05, 0.1) is 25.0 Å². The molecule has 2 rings (SSSR count).